The standard InChI is InChI=1S/C29H28N4O10S/c1-39-21-9-13-26(40-2)24(15-21)32(44(37,38)23-11-14-27(41-3)28(16-23)42-4)18-29(34)31-30-17-22-10-12-25(43-22)19-5-7-20(8-6-19)33(35)36/h5-17H,18H2,1-4H3,(H,31,34)/b30-17-. The van der Waals surface area contributed by atoms with Crippen molar-refractivity contribution >= 4 is 33.5 Å². The molecular formula is C29H28N4O10S. The predicted molar refractivity (Wildman–Crippen MR) is 160 cm³/mol. The lowest BCUT2D eigenvalue weighted by molar-refractivity contribution is -0.384. The summed E-state index contributed by atoms with van der Waals surface area (Å²) in [7, 11) is 1.19. The maximum atomic E-state index is 14.0. The summed E-state index contributed by atoms with van der Waals surface area (Å²) in [6.07, 6.45) is 1.23. The minimum absolute atomic E-state index is 0.0412. The summed E-state index contributed by atoms with van der Waals surface area (Å²) in [6, 6.07) is 17.6. The summed E-state index contributed by atoms with van der Waals surface area (Å²) in [5, 5.41) is 14.8. The van der Waals surface area contributed by atoms with Gasteiger partial charge in [-0.2, -0.15) is 5.10 Å². The van der Waals surface area contributed by atoms with Crippen LogP contribution in [-0.4, -0.2) is 60.4 Å². The second kappa shape index (κ2) is 13.6. The molecule has 3 aromatic carbocycles. The van der Waals surface area contributed by atoms with E-state index in [9.17, 15) is 23.3 Å². The van der Waals surface area contributed by atoms with E-state index in [1.807, 2.05) is 0 Å². The molecule has 0 fully saturated rings. The van der Waals surface area contributed by atoms with Crippen LogP contribution in [0.4, 0.5) is 11.4 Å². The molecule has 0 atom stereocenters. The van der Waals surface area contributed by atoms with Gasteiger partial charge < -0.3 is 23.4 Å². The number of hydrogen-bond donors (Lipinski definition) is 1. The first-order valence-corrected chi connectivity index (χ1v) is 14.2. The van der Waals surface area contributed by atoms with E-state index < -0.39 is 27.4 Å². The van der Waals surface area contributed by atoms with Gasteiger partial charge in [-0.05, 0) is 48.5 Å². The summed E-state index contributed by atoms with van der Waals surface area (Å²) < 4.78 is 55.6. The molecule has 14 nitrogen and oxygen atoms in total. The molecule has 0 saturated heterocycles. The normalized spacial score (nSPS) is 11.2. The first kappa shape index (κ1) is 31.4. The number of anilines is 1. The van der Waals surface area contributed by atoms with Crippen molar-refractivity contribution in [3.05, 3.63) is 88.7 Å². The molecule has 1 amide bonds. The van der Waals surface area contributed by atoms with Crippen LogP contribution >= 0.6 is 0 Å². The van der Waals surface area contributed by atoms with Crippen molar-refractivity contribution in [3.63, 3.8) is 0 Å². The number of benzene rings is 3. The number of non-ortho nitro benzene ring substituents is 1. The molecule has 0 aliphatic rings. The Hall–Kier alpha value is -5.57. The van der Waals surface area contributed by atoms with Gasteiger partial charge in [0, 0.05) is 29.8 Å². The third kappa shape index (κ3) is 6.90. The zero-order valence-electron chi connectivity index (χ0n) is 24.0. The number of amides is 1. The second-order valence-corrected chi connectivity index (χ2v) is 10.7. The highest BCUT2D eigenvalue weighted by atomic mass is 32.2. The van der Waals surface area contributed by atoms with Crippen LogP contribution < -0.4 is 28.7 Å². The van der Waals surface area contributed by atoms with Gasteiger partial charge in [-0.1, -0.05) is 0 Å². The van der Waals surface area contributed by atoms with E-state index in [2.05, 4.69) is 10.5 Å². The predicted octanol–water partition coefficient (Wildman–Crippen LogP) is 4.23. The molecule has 0 saturated carbocycles. The van der Waals surface area contributed by atoms with Gasteiger partial charge in [0.25, 0.3) is 21.6 Å². The molecule has 15 heteroatoms. The van der Waals surface area contributed by atoms with E-state index in [0.717, 1.165) is 4.31 Å². The highest BCUT2D eigenvalue weighted by Crippen LogP contribution is 2.37. The van der Waals surface area contributed by atoms with Crippen molar-refractivity contribution < 1.29 is 41.5 Å². The summed E-state index contributed by atoms with van der Waals surface area (Å²) >= 11 is 0. The molecule has 0 aliphatic carbocycles. The number of rotatable bonds is 13. The van der Waals surface area contributed by atoms with Crippen LogP contribution in [0.25, 0.3) is 11.3 Å². The number of sulfonamides is 1. The lowest BCUT2D eigenvalue weighted by Crippen LogP contribution is -2.39. The Labute approximate surface area is 252 Å². The van der Waals surface area contributed by atoms with Gasteiger partial charge in [-0.3, -0.25) is 19.2 Å². The van der Waals surface area contributed by atoms with E-state index in [1.165, 1.54) is 77.1 Å². The highest BCUT2D eigenvalue weighted by molar-refractivity contribution is 7.92. The molecule has 1 N–H and O–H groups in total. The van der Waals surface area contributed by atoms with Gasteiger partial charge >= 0.3 is 0 Å². The van der Waals surface area contributed by atoms with Crippen LogP contribution in [0, 0.1) is 10.1 Å². The Balaban J connectivity index is 1.59. The molecule has 0 radical (unpaired) electrons. The largest absolute Gasteiger partial charge is 0.497 e. The number of methoxy groups -OCH3 is 4. The SMILES string of the molecule is COc1ccc(OC)c(N(CC(=O)N/N=C\c2ccc(-c3ccc([N+](=O)[O-])cc3)o2)S(=O)(=O)c2ccc(OC)c(OC)c2)c1. The fourth-order valence-electron chi connectivity index (χ4n) is 4.05. The molecule has 1 heterocycles. The first-order valence-electron chi connectivity index (χ1n) is 12.7. The van der Waals surface area contributed by atoms with Crippen LogP contribution in [0.15, 0.2) is 87.2 Å². The molecule has 230 valence electrons. The third-order valence-electron chi connectivity index (χ3n) is 6.26. The highest BCUT2D eigenvalue weighted by Gasteiger charge is 2.31. The van der Waals surface area contributed by atoms with Gasteiger partial charge in [-0.25, -0.2) is 13.8 Å². The van der Waals surface area contributed by atoms with E-state index in [0.29, 0.717) is 22.8 Å². The Morgan fingerprint density at radius 3 is 2.23 bits per heavy atom. The van der Waals surface area contributed by atoms with E-state index in [4.69, 9.17) is 23.4 Å². The Morgan fingerprint density at radius 1 is 0.909 bits per heavy atom. The quantitative estimate of drug-likeness (QED) is 0.129. The Morgan fingerprint density at radius 2 is 1.59 bits per heavy atom. The lowest BCUT2D eigenvalue weighted by atomic mass is 10.1. The molecule has 44 heavy (non-hydrogen) atoms. The number of hydrogen-bond acceptors (Lipinski definition) is 11. The number of furan rings is 1. The van der Waals surface area contributed by atoms with Gasteiger partial charge in [0.1, 0.15) is 29.6 Å². The summed E-state index contributed by atoms with van der Waals surface area (Å²) in [5.74, 6) is 0.893. The fourth-order valence-corrected chi connectivity index (χ4v) is 5.49. The minimum Gasteiger partial charge on any atom is -0.497 e. The van der Waals surface area contributed by atoms with Crippen molar-refractivity contribution in [1.29, 1.82) is 0 Å². The zero-order chi connectivity index (χ0) is 31.9. The molecule has 0 aliphatic heterocycles. The number of nitro groups is 1. The van der Waals surface area contributed by atoms with Crippen molar-refractivity contribution in [2.45, 2.75) is 4.90 Å². The Kier molecular flexibility index (Phi) is 9.70. The maximum absolute atomic E-state index is 14.0. The number of ether oxygens (including phenoxy) is 4. The molecule has 0 unspecified atom stereocenters. The third-order valence-corrected chi connectivity index (χ3v) is 8.01. The zero-order valence-corrected chi connectivity index (χ0v) is 24.9. The lowest BCUT2D eigenvalue weighted by Gasteiger charge is -2.26. The fraction of sp³-hybridized carbons (Fsp3) is 0.172. The smallest absolute Gasteiger partial charge is 0.269 e. The van der Waals surface area contributed by atoms with Crippen LogP contribution in [0.3, 0.4) is 0 Å². The molecule has 4 rings (SSSR count). The molecule has 0 spiro atoms. The Bertz CT molecular complexity index is 1790. The van der Waals surface area contributed by atoms with Crippen molar-refractivity contribution in [3.8, 4) is 34.3 Å². The van der Waals surface area contributed by atoms with E-state index in [-0.39, 0.29) is 33.5 Å². The minimum atomic E-state index is -4.39. The van der Waals surface area contributed by atoms with Crippen LogP contribution in [-0.2, 0) is 14.8 Å². The summed E-state index contributed by atoms with van der Waals surface area (Å²) in [6.45, 7) is -0.691. The number of nitro benzene ring substituents is 1. The number of carbonyl (C=O) groups is 1. The second-order valence-electron chi connectivity index (χ2n) is 8.87. The number of hydrazone groups is 1. The van der Waals surface area contributed by atoms with Gasteiger partial charge in [-0.15, -0.1) is 0 Å². The van der Waals surface area contributed by atoms with Crippen LogP contribution in [0.5, 0.6) is 23.0 Å². The van der Waals surface area contributed by atoms with Crippen molar-refractivity contribution in [1.82, 2.24) is 5.43 Å². The van der Waals surface area contributed by atoms with E-state index >= 15 is 0 Å². The topological polar surface area (TPSA) is 172 Å². The first-order chi connectivity index (χ1) is 21.1. The average molecular weight is 625 g/mol. The van der Waals surface area contributed by atoms with Gasteiger partial charge in [0.05, 0.1) is 50.2 Å². The van der Waals surface area contributed by atoms with Crippen LogP contribution in [0.2, 0.25) is 0 Å². The van der Waals surface area contributed by atoms with E-state index in [1.54, 1.807) is 30.3 Å². The maximum Gasteiger partial charge on any atom is 0.269 e. The van der Waals surface area contributed by atoms with Crippen LogP contribution in [0.1, 0.15) is 5.76 Å². The number of nitrogens with zero attached hydrogens (tertiary/aromatic N) is 3. The average Bonchev–Trinajstić information content (AvgIpc) is 3.51. The molecule has 0 bridgehead atoms. The number of nitrogens with one attached hydrogen (secondary N) is 1. The monoisotopic (exact) mass is 624 g/mol. The number of carbonyl (C=O) groups excluding carboxylic acids is 1. The summed E-state index contributed by atoms with van der Waals surface area (Å²) in [5.41, 5.74) is 2.89. The van der Waals surface area contributed by atoms with Crippen molar-refractivity contribution in [2.24, 2.45) is 5.10 Å². The molecule has 1 aromatic heterocycles. The summed E-state index contributed by atoms with van der Waals surface area (Å²) in [4.78, 5) is 23.3. The molecule has 4 aromatic rings. The van der Waals surface area contributed by atoms with Gasteiger partial charge in [0.2, 0.25) is 0 Å². The van der Waals surface area contributed by atoms with Crippen molar-refractivity contribution in [2.75, 3.05) is 39.3 Å². The van der Waals surface area contributed by atoms with Gasteiger partial charge in [0.15, 0.2) is 11.5 Å². The molecular weight excluding hydrogens is 596 g/mol.